The van der Waals surface area contributed by atoms with E-state index in [4.69, 9.17) is 0 Å². The maximum absolute atomic E-state index is 11.1. The highest BCUT2D eigenvalue weighted by molar-refractivity contribution is 5.64. The molecule has 0 saturated carbocycles. The van der Waals surface area contributed by atoms with E-state index in [2.05, 4.69) is 11.1 Å². The molecule has 86 valence electrons. The lowest BCUT2D eigenvalue weighted by atomic mass is 10.0. The predicted octanol–water partition coefficient (Wildman–Crippen LogP) is 2.65. The van der Waals surface area contributed by atoms with E-state index in [-0.39, 0.29) is 0 Å². The van der Waals surface area contributed by atoms with Crippen molar-refractivity contribution in [1.82, 2.24) is 4.90 Å². The Morgan fingerprint density at radius 2 is 2.25 bits per heavy atom. The third kappa shape index (κ3) is 2.23. The number of hydrogen-bond donors (Lipinski definition) is 0. The molecule has 0 spiro atoms. The standard InChI is InChI=1S/C13H18N2O/c1-11-12(6-5-8-14-11)13-7-3-2-4-9-15(13)10-16/h7-8,10H,2-6,9H2,1H3. The highest BCUT2D eigenvalue weighted by Crippen LogP contribution is 2.28. The first-order valence-corrected chi connectivity index (χ1v) is 5.97. The van der Waals surface area contributed by atoms with Gasteiger partial charge in [-0.2, -0.15) is 0 Å². The van der Waals surface area contributed by atoms with Gasteiger partial charge in [-0.05, 0) is 44.6 Å². The fraction of sp³-hybridized carbons (Fsp3) is 0.538. The van der Waals surface area contributed by atoms with Gasteiger partial charge in [0.2, 0.25) is 6.41 Å². The van der Waals surface area contributed by atoms with Crippen LogP contribution >= 0.6 is 0 Å². The molecule has 2 heterocycles. The van der Waals surface area contributed by atoms with Crippen molar-refractivity contribution in [2.75, 3.05) is 6.54 Å². The van der Waals surface area contributed by atoms with Crippen LogP contribution in [0, 0.1) is 0 Å². The van der Waals surface area contributed by atoms with Crippen molar-refractivity contribution in [1.29, 1.82) is 0 Å². The van der Waals surface area contributed by atoms with E-state index in [9.17, 15) is 4.79 Å². The third-order valence-corrected chi connectivity index (χ3v) is 3.18. The van der Waals surface area contributed by atoms with Crippen LogP contribution in [-0.4, -0.2) is 24.1 Å². The van der Waals surface area contributed by atoms with Gasteiger partial charge in [-0.1, -0.05) is 6.08 Å². The molecule has 0 atom stereocenters. The Morgan fingerprint density at radius 3 is 3.00 bits per heavy atom. The molecule has 0 radical (unpaired) electrons. The molecule has 0 N–H and O–H groups in total. The second-order valence-electron chi connectivity index (χ2n) is 4.30. The molecule has 3 heteroatoms. The number of carbonyl (C=O) groups is 1. The number of carbonyl (C=O) groups excluding carboxylic acids is 1. The molecule has 0 saturated heterocycles. The van der Waals surface area contributed by atoms with Gasteiger partial charge < -0.3 is 4.90 Å². The molecule has 2 aliphatic rings. The smallest absolute Gasteiger partial charge is 0.214 e. The lowest BCUT2D eigenvalue weighted by Gasteiger charge is -2.23. The maximum Gasteiger partial charge on any atom is 0.214 e. The molecule has 0 aromatic heterocycles. The molecule has 0 aromatic rings. The maximum atomic E-state index is 11.1. The van der Waals surface area contributed by atoms with Crippen molar-refractivity contribution < 1.29 is 4.79 Å². The first-order chi connectivity index (χ1) is 7.83. The molecule has 16 heavy (non-hydrogen) atoms. The van der Waals surface area contributed by atoms with Gasteiger partial charge in [0.15, 0.2) is 0 Å². The first kappa shape index (κ1) is 11.1. The SMILES string of the molecule is CC1=C(C2=CCCCCN2C=O)CCC=N1. The molecule has 0 fully saturated rings. The average Bonchev–Trinajstić information content (AvgIpc) is 2.54. The van der Waals surface area contributed by atoms with Gasteiger partial charge in [-0.25, -0.2) is 0 Å². The second kappa shape index (κ2) is 5.10. The zero-order valence-corrected chi connectivity index (χ0v) is 9.78. The summed E-state index contributed by atoms with van der Waals surface area (Å²) in [4.78, 5) is 17.3. The number of hydrogen-bond acceptors (Lipinski definition) is 2. The highest BCUT2D eigenvalue weighted by Gasteiger charge is 2.18. The molecule has 0 bridgehead atoms. The number of nitrogens with zero attached hydrogens (tertiary/aromatic N) is 2. The Balaban J connectivity index is 2.32. The van der Waals surface area contributed by atoms with E-state index >= 15 is 0 Å². The monoisotopic (exact) mass is 218 g/mol. The Labute approximate surface area is 96.5 Å². The van der Waals surface area contributed by atoms with Crippen LogP contribution in [0.2, 0.25) is 0 Å². The Hall–Kier alpha value is -1.38. The van der Waals surface area contributed by atoms with Crippen molar-refractivity contribution in [3.05, 3.63) is 23.0 Å². The number of allylic oxidation sites excluding steroid dienone is 3. The Kier molecular flexibility index (Phi) is 3.54. The molecule has 2 rings (SSSR count). The van der Waals surface area contributed by atoms with Crippen molar-refractivity contribution in [2.24, 2.45) is 4.99 Å². The molecular weight excluding hydrogens is 200 g/mol. The highest BCUT2D eigenvalue weighted by atomic mass is 16.1. The number of amides is 1. The number of aliphatic imine (C=N–C) groups is 1. The summed E-state index contributed by atoms with van der Waals surface area (Å²) in [5.74, 6) is 0. The van der Waals surface area contributed by atoms with Crippen LogP contribution in [0.1, 0.15) is 39.0 Å². The minimum Gasteiger partial charge on any atom is -0.315 e. The minimum absolute atomic E-state index is 0.843. The lowest BCUT2D eigenvalue weighted by molar-refractivity contribution is -0.116. The van der Waals surface area contributed by atoms with Crippen LogP contribution in [0.5, 0.6) is 0 Å². The van der Waals surface area contributed by atoms with Crippen LogP contribution < -0.4 is 0 Å². The quantitative estimate of drug-likeness (QED) is 0.656. The van der Waals surface area contributed by atoms with Crippen molar-refractivity contribution in [3.63, 3.8) is 0 Å². The molecule has 1 amide bonds. The summed E-state index contributed by atoms with van der Waals surface area (Å²) in [6.45, 7) is 2.87. The Morgan fingerprint density at radius 1 is 1.38 bits per heavy atom. The lowest BCUT2D eigenvalue weighted by Crippen LogP contribution is -2.23. The molecular formula is C13H18N2O. The van der Waals surface area contributed by atoms with Gasteiger partial charge >= 0.3 is 0 Å². The molecule has 0 aliphatic carbocycles. The number of rotatable bonds is 2. The average molecular weight is 218 g/mol. The molecule has 3 nitrogen and oxygen atoms in total. The summed E-state index contributed by atoms with van der Waals surface area (Å²) in [6, 6.07) is 0. The zero-order chi connectivity index (χ0) is 11.4. The second-order valence-corrected chi connectivity index (χ2v) is 4.30. The van der Waals surface area contributed by atoms with Crippen LogP contribution in [-0.2, 0) is 4.79 Å². The van der Waals surface area contributed by atoms with E-state index in [0.717, 1.165) is 50.0 Å². The largest absolute Gasteiger partial charge is 0.315 e. The predicted molar refractivity (Wildman–Crippen MR) is 65.1 cm³/mol. The van der Waals surface area contributed by atoms with E-state index in [0.29, 0.717) is 0 Å². The van der Waals surface area contributed by atoms with Gasteiger partial charge in [0.05, 0.1) is 0 Å². The summed E-state index contributed by atoms with van der Waals surface area (Å²) in [5, 5.41) is 0. The van der Waals surface area contributed by atoms with Crippen LogP contribution in [0.15, 0.2) is 28.0 Å². The topological polar surface area (TPSA) is 32.7 Å². The molecule has 0 aromatic carbocycles. The van der Waals surface area contributed by atoms with E-state index in [1.807, 2.05) is 18.0 Å². The molecule has 0 unspecified atom stereocenters. The van der Waals surface area contributed by atoms with Crippen molar-refractivity contribution >= 4 is 12.6 Å². The molecule has 2 aliphatic heterocycles. The van der Waals surface area contributed by atoms with Crippen LogP contribution in [0.3, 0.4) is 0 Å². The van der Waals surface area contributed by atoms with Gasteiger partial charge in [-0.3, -0.25) is 9.79 Å². The Bertz CT molecular complexity index is 366. The minimum atomic E-state index is 0.843. The fourth-order valence-corrected chi connectivity index (χ4v) is 2.29. The summed E-state index contributed by atoms with van der Waals surface area (Å²) < 4.78 is 0. The summed E-state index contributed by atoms with van der Waals surface area (Å²) >= 11 is 0. The van der Waals surface area contributed by atoms with E-state index < -0.39 is 0 Å². The van der Waals surface area contributed by atoms with Crippen molar-refractivity contribution in [3.8, 4) is 0 Å². The summed E-state index contributed by atoms with van der Waals surface area (Å²) in [5.41, 5.74) is 3.41. The van der Waals surface area contributed by atoms with E-state index in [1.165, 1.54) is 12.0 Å². The van der Waals surface area contributed by atoms with Gasteiger partial charge in [0.25, 0.3) is 0 Å². The summed E-state index contributed by atoms with van der Waals surface area (Å²) in [6.07, 6.45) is 10.4. The van der Waals surface area contributed by atoms with E-state index in [1.54, 1.807) is 0 Å². The fourth-order valence-electron chi connectivity index (χ4n) is 2.29. The zero-order valence-electron chi connectivity index (χ0n) is 9.78. The summed E-state index contributed by atoms with van der Waals surface area (Å²) in [7, 11) is 0. The van der Waals surface area contributed by atoms with Crippen molar-refractivity contribution in [2.45, 2.75) is 39.0 Å². The van der Waals surface area contributed by atoms with Crippen LogP contribution in [0.25, 0.3) is 0 Å². The van der Waals surface area contributed by atoms with Gasteiger partial charge in [0, 0.05) is 24.2 Å². The normalized spacial score (nSPS) is 21.8. The third-order valence-electron chi connectivity index (χ3n) is 3.18. The first-order valence-electron chi connectivity index (χ1n) is 5.97. The van der Waals surface area contributed by atoms with Gasteiger partial charge in [-0.15, -0.1) is 0 Å². The van der Waals surface area contributed by atoms with Gasteiger partial charge in [0.1, 0.15) is 0 Å². The van der Waals surface area contributed by atoms with Crippen LogP contribution in [0.4, 0.5) is 0 Å².